The molecular weight excluding hydrogens is 237 g/mol. The Morgan fingerprint density at radius 2 is 2.20 bits per heavy atom. The van der Waals surface area contributed by atoms with Gasteiger partial charge in [-0.25, -0.2) is 9.97 Å². The lowest BCUT2D eigenvalue weighted by molar-refractivity contribution is -0.105. The van der Waals surface area contributed by atoms with Crippen LogP contribution in [0.15, 0.2) is 0 Å². The number of nitrogens with one attached hydrogen (secondary N) is 1. The quantitative estimate of drug-likeness (QED) is 0.651. The van der Waals surface area contributed by atoms with Gasteiger partial charge in [0, 0.05) is 17.9 Å². The molecule has 0 atom stereocenters. The molecule has 0 unspecified atom stereocenters. The standard InChI is InChI=1S/C9H11Cl2N3O/c1-2-3-4-6-7(10)13-9(12-5-15)14-8(6)11/h5H,2-4H2,1H3,(H,12,13,14,15)/i1D3,2D2,3D2,4D2. The Morgan fingerprint density at radius 1 is 1.53 bits per heavy atom. The van der Waals surface area contributed by atoms with Crippen molar-refractivity contribution in [3.63, 3.8) is 0 Å². The maximum atomic E-state index is 10.4. The van der Waals surface area contributed by atoms with Crippen LogP contribution in [0.4, 0.5) is 5.95 Å². The predicted octanol–water partition coefficient (Wildman–Crippen LogP) is 2.69. The van der Waals surface area contributed by atoms with E-state index in [1.54, 1.807) is 0 Å². The maximum Gasteiger partial charge on any atom is 0.232 e. The summed E-state index contributed by atoms with van der Waals surface area (Å²) in [5.41, 5.74) is -0.833. The second-order valence-electron chi connectivity index (χ2n) is 2.14. The molecular formula is C9H11Cl2N3O. The summed E-state index contributed by atoms with van der Waals surface area (Å²) in [6, 6.07) is 0. The number of carbonyl (C=O) groups is 1. The first kappa shape index (κ1) is 4.55. The number of carbonyl (C=O) groups excluding carboxylic acids is 1. The smallest absolute Gasteiger partial charge is 0.232 e. The Balaban J connectivity index is 3.57. The molecule has 82 valence electrons. The highest BCUT2D eigenvalue weighted by molar-refractivity contribution is 6.34. The Labute approximate surface area is 111 Å². The Hall–Kier alpha value is -0.870. The molecule has 15 heavy (non-hydrogen) atoms. The van der Waals surface area contributed by atoms with Crippen molar-refractivity contribution in [3.8, 4) is 0 Å². The molecule has 0 aliphatic carbocycles. The molecule has 1 rings (SSSR count). The first-order chi connectivity index (χ1) is 10.6. The van der Waals surface area contributed by atoms with Gasteiger partial charge in [-0.2, -0.15) is 0 Å². The summed E-state index contributed by atoms with van der Waals surface area (Å²) in [6.45, 7) is -3.47. The van der Waals surface area contributed by atoms with Crippen LogP contribution in [0.3, 0.4) is 0 Å². The van der Waals surface area contributed by atoms with Crippen molar-refractivity contribution in [1.82, 2.24) is 9.97 Å². The van der Waals surface area contributed by atoms with Crippen molar-refractivity contribution in [2.24, 2.45) is 0 Å². The second kappa shape index (κ2) is 5.88. The molecule has 0 saturated carbocycles. The van der Waals surface area contributed by atoms with Gasteiger partial charge in [0.25, 0.3) is 0 Å². The lowest BCUT2D eigenvalue weighted by Crippen LogP contribution is -2.03. The van der Waals surface area contributed by atoms with E-state index in [9.17, 15) is 4.79 Å². The first-order valence-electron chi connectivity index (χ1n) is 8.05. The summed E-state index contributed by atoms with van der Waals surface area (Å²) < 4.78 is 67.9. The summed E-state index contributed by atoms with van der Waals surface area (Å²) in [6.07, 6.45) is -10.3. The topological polar surface area (TPSA) is 54.9 Å². The van der Waals surface area contributed by atoms with E-state index in [1.807, 2.05) is 5.32 Å². The largest absolute Gasteiger partial charge is 0.297 e. The number of halogens is 2. The highest BCUT2D eigenvalue weighted by Crippen LogP contribution is 2.24. The number of hydrogen-bond acceptors (Lipinski definition) is 3. The van der Waals surface area contributed by atoms with Crippen LogP contribution in [-0.2, 0) is 11.2 Å². The highest BCUT2D eigenvalue weighted by atomic mass is 35.5. The molecule has 0 spiro atoms. The van der Waals surface area contributed by atoms with Crippen molar-refractivity contribution >= 4 is 35.6 Å². The second-order valence-corrected chi connectivity index (χ2v) is 2.86. The molecule has 0 aromatic carbocycles. The summed E-state index contributed by atoms with van der Waals surface area (Å²) in [5.74, 6) is -0.390. The first-order valence-corrected chi connectivity index (χ1v) is 4.30. The van der Waals surface area contributed by atoms with E-state index in [4.69, 9.17) is 35.5 Å². The van der Waals surface area contributed by atoms with Crippen LogP contribution in [0.25, 0.3) is 0 Å². The fourth-order valence-corrected chi connectivity index (χ4v) is 1.20. The number of amides is 1. The van der Waals surface area contributed by atoms with E-state index in [2.05, 4.69) is 9.97 Å². The minimum atomic E-state index is -3.59. The van der Waals surface area contributed by atoms with Crippen LogP contribution in [0.5, 0.6) is 0 Å². The zero-order chi connectivity index (χ0) is 19.1. The zero-order valence-corrected chi connectivity index (χ0v) is 8.65. The van der Waals surface area contributed by atoms with E-state index in [-0.39, 0.29) is 12.4 Å². The van der Waals surface area contributed by atoms with Crippen molar-refractivity contribution in [1.29, 1.82) is 0 Å². The molecule has 0 saturated heterocycles. The Bertz CT molecular complexity index is 627. The molecule has 4 nitrogen and oxygen atoms in total. The van der Waals surface area contributed by atoms with Crippen LogP contribution in [0, 0.1) is 0 Å². The van der Waals surface area contributed by atoms with Gasteiger partial charge >= 0.3 is 0 Å². The fraction of sp³-hybridized carbons (Fsp3) is 0.444. The minimum Gasteiger partial charge on any atom is -0.297 e. The molecule has 0 radical (unpaired) electrons. The van der Waals surface area contributed by atoms with Crippen LogP contribution in [0.2, 0.25) is 10.3 Å². The summed E-state index contributed by atoms with van der Waals surface area (Å²) in [4.78, 5) is 17.4. The van der Waals surface area contributed by atoms with E-state index < -0.39 is 41.8 Å². The summed E-state index contributed by atoms with van der Waals surface area (Å²) >= 11 is 11.5. The molecule has 1 N–H and O–H groups in total. The van der Waals surface area contributed by atoms with Crippen molar-refractivity contribution in [2.75, 3.05) is 5.32 Å². The maximum absolute atomic E-state index is 10.4. The van der Waals surface area contributed by atoms with Gasteiger partial charge in [0.1, 0.15) is 10.3 Å². The van der Waals surface area contributed by atoms with E-state index in [0.717, 1.165) is 0 Å². The molecule has 0 bridgehead atoms. The van der Waals surface area contributed by atoms with E-state index in [1.165, 1.54) is 0 Å². The van der Waals surface area contributed by atoms with Crippen molar-refractivity contribution in [2.45, 2.75) is 26.0 Å². The van der Waals surface area contributed by atoms with Gasteiger partial charge in [-0.05, 0) is 12.7 Å². The minimum absolute atomic E-state index is 0.197. The van der Waals surface area contributed by atoms with Gasteiger partial charge in [0.2, 0.25) is 12.4 Å². The monoisotopic (exact) mass is 256 g/mol. The number of anilines is 1. The number of aromatic nitrogens is 2. The molecule has 1 heterocycles. The van der Waals surface area contributed by atoms with E-state index in [0.29, 0.717) is 0 Å². The number of nitrogens with zero attached hydrogens (tertiary/aromatic N) is 2. The van der Waals surface area contributed by atoms with Gasteiger partial charge in [0.15, 0.2) is 0 Å². The van der Waals surface area contributed by atoms with Gasteiger partial charge in [-0.15, -0.1) is 0 Å². The van der Waals surface area contributed by atoms with Gasteiger partial charge in [0.05, 0.1) is 0 Å². The van der Waals surface area contributed by atoms with Crippen LogP contribution >= 0.6 is 23.2 Å². The average molecular weight is 257 g/mol. The molecule has 0 aliphatic rings. The SMILES string of the molecule is [2H]C([2H])([2H])C([2H])([2H])C([2H])([2H])C([2H])([2H])c1c(Cl)nc(NC=O)nc1Cl. The van der Waals surface area contributed by atoms with Gasteiger partial charge in [-0.3, -0.25) is 10.1 Å². The van der Waals surface area contributed by atoms with Gasteiger partial charge in [-0.1, -0.05) is 36.4 Å². The molecule has 1 aromatic rings. The van der Waals surface area contributed by atoms with Crippen molar-refractivity contribution in [3.05, 3.63) is 15.9 Å². The third kappa shape index (κ3) is 3.32. The van der Waals surface area contributed by atoms with Gasteiger partial charge < -0.3 is 0 Å². The molecule has 0 fully saturated rings. The zero-order valence-electron chi connectivity index (χ0n) is 16.1. The van der Waals surface area contributed by atoms with Crippen molar-refractivity contribution < 1.29 is 17.1 Å². The molecule has 0 aliphatic heterocycles. The number of rotatable bonds is 5. The summed E-state index contributed by atoms with van der Waals surface area (Å²) in [5, 5.41) is 0.610. The third-order valence-corrected chi connectivity index (χ3v) is 1.81. The average Bonchev–Trinajstić information content (AvgIpc) is 2.35. The number of hydrogen-bond donors (Lipinski definition) is 1. The molecule has 1 aromatic heterocycles. The lowest BCUT2D eigenvalue weighted by atomic mass is 10.1. The third-order valence-electron chi connectivity index (χ3n) is 1.26. The Kier molecular flexibility index (Phi) is 1.78. The lowest BCUT2D eigenvalue weighted by Gasteiger charge is -2.06. The fourth-order valence-electron chi connectivity index (χ4n) is 0.722. The summed E-state index contributed by atoms with van der Waals surface area (Å²) in [7, 11) is 0. The predicted molar refractivity (Wildman–Crippen MR) is 60.4 cm³/mol. The molecule has 1 amide bonds. The highest BCUT2D eigenvalue weighted by Gasteiger charge is 2.10. The normalized spacial score (nSPS) is 22.7. The van der Waals surface area contributed by atoms with Crippen LogP contribution in [0.1, 0.15) is 37.5 Å². The molecule has 6 heteroatoms. The van der Waals surface area contributed by atoms with Crippen LogP contribution < -0.4 is 5.32 Å². The van der Waals surface area contributed by atoms with E-state index >= 15 is 0 Å². The Morgan fingerprint density at radius 3 is 2.73 bits per heavy atom. The van der Waals surface area contributed by atoms with Crippen LogP contribution in [-0.4, -0.2) is 16.4 Å².